The zero-order chi connectivity index (χ0) is 23.6. The smallest absolute Gasteiger partial charge is 0.166 e. The molecular formula is C27H35BO5. The van der Waals surface area contributed by atoms with E-state index >= 15 is 0 Å². The summed E-state index contributed by atoms with van der Waals surface area (Å²) in [5.74, 6) is 2.20. The van der Waals surface area contributed by atoms with Crippen LogP contribution in [0.15, 0.2) is 42.5 Å². The molecule has 1 saturated heterocycles. The second-order valence-corrected chi connectivity index (χ2v) is 8.35. The lowest BCUT2D eigenvalue weighted by molar-refractivity contribution is -0.130. The van der Waals surface area contributed by atoms with Crippen LogP contribution in [-0.4, -0.2) is 47.7 Å². The molecule has 2 aromatic rings. The molecule has 176 valence electrons. The molecule has 0 aliphatic carbocycles. The SMILES string of the molecule is Bc1c(OC)cc(/C=C\CCC(=O)C(OCC)c2ccc(C3CCOCC3)cc2)cc1OC. The standard InChI is InChI=1S/C27H35BO5/c1-4-33-27(22-11-9-20(10-12-22)21-13-15-32-16-14-21)23(29)8-6-5-7-19-17-24(30-2)26(28)25(18-19)31-3/h5,7,9-12,17-18,21,27H,4,6,8,13-16,28H2,1-3H3/b7-5-. The molecule has 1 unspecified atom stereocenters. The molecule has 3 rings (SSSR count). The molecule has 6 heteroatoms. The van der Waals surface area contributed by atoms with Gasteiger partial charge in [0.05, 0.1) is 14.2 Å². The predicted octanol–water partition coefficient (Wildman–Crippen LogP) is 4.00. The summed E-state index contributed by atoms with van der Waals surface area (Å²) in [6.45, 7) is 4.07. The average Bonchev–Trinajstić information content (AvgIpc) is 2.86. The number of carbonyl (C=O) groups excluding carboxylic acids is 1. The summed E-state index contributed by atoms with van der Waals surface area (Å²) < 4.78 is 22.2. The maximum Gasteiger partial charge on any atom is 0.166 e. The van der Waals surface area contributed by atoms with Crippen LogP contribution in [0.3, 0.4) is 0 Å². The van der Waals surface area contributed by atoms with Crippen LogP contribution in [0.25, 0.3) is 6.08 Å². The molecule has 0 spiro atoms. The van der Waals surface area contributed by atoms with Gasteiger partial charge in [0, 0.05) is 26.2 Å². The van der Waals surface area contributed by atoms with Crippen LogP contribution in [-0.2, 0) is 14.3 Å². The lowest BCUT2D eigenvalue weighted by Crippen LogP contribution is -2.17. The van der Waals surface area contributed by atoms with Crippen molar-refractivity contribution >= 4 is 25.2 Å². The fourth-order valence-corrected chi connectivity index (χ4v) is 4.29. The van der Waals surface area contributed by atoms with Crippen LogP contribution in [0.5, 0.6) is 11.5 Å². The van der Waals surface area contributed by atoms with Crippen LogP contribution in [0.2, 0.25) is 0 Å². The third kappa shape index (κ3) is 6.72. The van der Waals surface area contributed by atoms with Crippen molar-refractivity contribution in [2.45, 2.75) is 44.6 Å². The minimum atomic E-state index is -0.522. The molecule has 1 atom stereocenters. The molecule has 1 heterocycles. The number of hydrogen-bond acceptors (Lipinski definition) is 5. The first-order valence-electron chi connectivity index (χ1n) is 11.8. The van der Waals surface area contributed by atoms with Gasteiger partial charge in [-0.2, -0.15) is 0 Å². The van der Waals surface area contributed by atoms with E-state index in [1.54, 1.807) is 14.2 Å². The molecule has 0 N–H and O–H groups in total. The third-order valence-corrected chi connectivity index (χ3v) is 6.20. The van der Waals surface area contributed by atoms with Crippen LogP contribution in [0.4, 0.5) is 0 Å². The topological polar surface area (TPSA) is 54.0 Å². The molecular weight excluding hydrogens is 415 g/mol. The Labute approximate surface area is 198 Å². The normalized spacial score (nSPS) is 15.5. The van der Waals surface area contributed by atoms with Crippen molar-refractivity contribution < 1.29 is 23.7 Å². The molecule has 0 saturated carbocycles. The summed E-state index contributed by atoms with van der Waals surface area (Å²) in [5, 5.41) is 0. The number of allylic oxidation sites excluding steroid dienone is 1. The van der Waals surface area contributed by atoms with Crippen molar-refractivity contribution in [3.05, 3.63) is 59.2 Å². The molecule has 1 aliphatic rings. The summed E-state index contributed by atoms with van der Waals surface area (Å²) >= 11 is 0. The molecule has 2 aromatic carbocycles. The zero-order valence-corrected chi connectivity index (χ0v) is 20.3. The molecule has 0 amide bonds. The van der Waals surface area contributed by atoms with E-state index in [1.165, 1.54) is 5.56 Å². The van der Waals surface area contributed by atoms with E-state index in [0.29, 0.717) is 25.4 Å². The van der Waals surface area contributed by atoms with Gasteiger partial charge >= 0.3 is 0 Å². The highest BCUT2D eigenvalue weighted by atomic mass is 16.5. The first-order valence-corrected chi connectivity index (χ1v) is 11.8. The van der Waals surface area contributed by atoms with Gasteiger partial charge in [0.25, 0.3) is 0 Å². The fraction of sp³-hybridized carbons (Fsp3) is 0.444. The molecule has 0 aromatic heterocycles. The Hall–Kier alpha value is -2.57. The Morgan fingerprint density at radius 1 is 1.12 bits per heavy atom. The highest BCUT2D eigenvalue weighted by Crippen LogP contribution is 2.29. The summed E-state index contributed by atoms with van der Waals surface area (Å²) in [4.78, 5) is 13.0. The van der Waals surface area contributed by atoms with Gasteiger partial charge in [-0.3, -0.25) is 4.79 Å². The van der Waals surface area contributed by atoms with Crippen LogP contribution < -0.4 is 14.9 Å². The average molecular weight is 450 g/mol. The summed E-state index contributed by atoms with van der Waals surface area (Å²) in [7, 11) is 5.27. The van der Waals surface area contributed by atoms with Crippen molar-refractivity contribution in [1.82, 2.24) is 0 Å². The van der Waals surface area contributed by atoms with E-state index in [4.69, 9.17) is 18.9 Å². The molecule has 5 nitrogen and oxygen atoms in total. The first kappa shape index (κ1) is 25.1. The minimum Gasteiger partial charge on any atom is -0.497 e. The van der Waals surface area contributed by atoms with Crippen molar-refractivity contribution in [3.63, 3.8) is 0 Å². The lowest BCUT2D eigenvalue weighted by Gasteiger charge is -2.23. The van der Waals surface area contributed by atoms with Crippen LogP contribution in [0, 0.1) is 0 Å². The maximum atomic E-state index is 13.0. The molecule has 1 fully saturated rings. The lowest BCUT2D eigenvalue weighted by atomic mass is 9.90. The fourth-order valence-electron chi connectivity index (χ4n) is 4.29. The van der Waals surface area contributed by atoms with E-state index in [2.05, 4.69) is 12.1 Å². The van der Waals surface area contributed by atoms with Crippen molar-refractivity contribution in [1.29, 1.82) is 0 Å². The Morgan fingerprint density at radius 2 is 1.76 bits per heavy atom. The second kappa shape index (κ2) is 12.6. The van der Waals surface area contributed by atoms with Crippen LogP contribution in [0.1, 0.15) is 61.3 Å². The van der Waals surface area contributed by atoms with Gasteiger partial charge in [0.15, 0.2) is 5.78 Å². The summed E-state index contributed by atoms with van der Waals surface area (Å²) in [6, 6.07) is 12.3. The Morgan fingerprint density at radius 3 is 2.33 bits per heavy atom. The van der Waals surface area contributed by atoms with Crippen LogP contribution >= 0.6 is 0 Å². The van der Waals surface area contributed by atoms with E-state index in [1.807, 2.05) is 51.2 Å². The zero-order valence-electron chi connectivity index (χ0n) is 20.3. The van der Waals surface area contributed by atoms with E-state index < -0.39 is 6.10 Å². The van der Waals surface area contributed by atoms with Gasteiger partial charge in [-0.25, -0.2) is 0 Å². The van der Waals surface area contributed by atoms with Gasteiger partial charge in [-0.05, 0) is 66.4 Å². The largest absolute Gasteiger partial charge is 0.497 e. The molecule has 33 heavy (non-hydrogen) atoms. The number of hydrogen-bond donors (Lipinski definition) is 0. The molecule has 0 bridgehead atoms. The van der Waals surface area contributed by atoms with E-state index in [0.717, 1.165) is 54.1 Å². The first-order chi connectivity index (χ1) is 16.1. The number of ketones is 1. The van der Waals surface area contributed by atoms with E-state index in [-0.39, 0.29) is 5.78 Å². The van der Waals surface area contributed by atoms with Gasteiger partial charge in [-0.15, -0.1) is 0 Å². The number of rotatable bonds is 11. The van der Waals surface area contributed by atoms with Crippen molar-refractivity contribution in [2.24, 2.45) is 0 Å². The number of benzene rings is 2. The maximum absolute atomic E-state index is 13.0. The second-order valence-electron chi connectivity index (χ2n) is 8.35. The van der Waals surface area contributed by atoms with Gasteiger partial charge in [0.2, 0.25) is 0 Å². The Bertz CT molecular complexity index is 907. The number of carbonyl (C=O) groups is 1. The van der Waals surface area contributed by atoms with Gasteiger partial charge < -0.3 is 18.9 Å². The predicted molar refractivity (Wildman–Crippen MR) is 135 cm³/mol. The van der Waals surface area contributed by atoms with E-state index in [9.17, 15) is 4.79 Å². The molecule has 0 radical (unpaired) electrons. The number of methoxy groups -OCH3 is 2. The summed E-state index contributed by atoms with van der Waals surface area (Å²) in [5.41, 5.74) is 4.19. The monoisotopic (exact) mass is 450 g/mol. The third-order valence-electron chi connectivity index (χ3n) is 6.20. The Balaban J connectivity index is 1.61. The minimum absolute atomic E-state index is 0.0967. The number of ether oxygens (including phenoxy) is 4. The summed E-state index contributed by atoms with van der Waals surface area (Å²) in [6.07, 6.45) is 6.65. The van der Waals surface area contributed by atoms with Crippen molar-refractivity contribution in [2.75, 3.05) is 34.0 Å². The highest BCUT2D eigenvalue weighted by molar-refractivity contribution is 6.36. The van der Waals surface area contributed by atoms with Crippen molar-refractivity contribution in [3.8, 4) is 11.5 Å². The van der Waals surface area contributed by atoms with Gasteiger partial charge in [0.1, 0.15) is 25.4 Å². The number of Topliss-reactive ketones (excluding diaryl/α,β-unsaturated/α-hetero) is 1. The quantitative estimate of drug-likeness (QED) is 0.485. The Kier molecular flexibility index (Phi) is 9.58. The van der Waals surface area contributed by atoms with Gasteiger partial charge in [-0.1, -0.05) is 36.4 Å². The molecule has 1 aliphatic heterocycles. The highest BCUT2D eigenvalue weighted by Gasteiger charge is 2.21.